The average molecular weight is 210 g/mol. The van der Waals surface area contributed by atoms with Crippen molar-refractivity contribution in [2.75, 3.05) is 26.7 Å². The Morgan fingerprint density at radius 1 is 1.47 bits per heavy atom. The summed E-state index contributed by atoms with van der Waals surface area (Å²) in [6, 6.07) is 0.646. The maximum atomic E-state index is 3.24. The highest BCUT2D eigenvalue weighted by molar-refractivity contribution is 5.14. The van der Waals surface area contributed by atoms with Gasteiger partial charge in [-0.1, -0.05) is 32.4 Å². The third-order valence-electron chi connectivity index (χ3n) is 3.33. The van der Waals surface area contributed by atoms with Crippen LogP contribution in [0.1, 0.15) is 34.1 Å². The monoisotopic (exact) mass is 210 g/mol. The minimum Gasteiger partial charge on any atom is -0.318 e. The SMILES string of the molecule is CNCC(C)N1CC=C(C(C)(C)C)CC1. The molecule has 1 heterocycles. The van der Waals surface area contributed by atoms with Gasteiger partial charge in [0.15, 0.2) is 0 Å². The average Bonchev–Trinajstić information content (AvgIpc) is 2.17. The summed E-state index contributed by atoms with van der Waals surface area (Å²) in [6.07, 6.45) is 3.66. The molecule has 1 rings (SSSR count). The van der Waals surface area contributed by atoms with Gasteiger partial charge in [0, 0.05) is 25.7 Å². The summed E-state index contributed by atoms with van der Waals surface area (Å²) in [7, 11) is 2.02. The molecule has 0 spiro atoms. The van der Waals surface area contributed by atoms with Crippen LogP contribution in [-0.4, -0.2) is 37.6 Å². The van der Waals surface area contributed by atoms with E-state index in [1.54, 1.807) is 5.57 Å². The van der Waals surface area contributed by atoms with Crippen molar-refractivity contribution < 1.29 is 0 Å². The third-order valence-corrected chi connectivity index (χ3v) is 3.33. The first kappa shape index (κ1) is 12.7. The Morgan fingerprint density at radius 2 is 2.13 bits per heavy atom. The van der Waals surface area contributed by atoms with Crippen molar-refractivity contribution >= 4 is 0 Å². The Bertz CT molecular complexity index is 225. The van der Waals surface area contributed by atoms with E-state index in [0.717, 1.165) is 13.1 Å². The molecule has 0 saturated carbocycles. The molecule has 15 heavy (non-hydrogen) atoms. The van der Waals surface area contributed by atoms with Crippen molar-refractivity contribution in [1.82, 2.24) is 10.2 Å². The lowest BCUT2D eigenvalue weighted by molar-refractivity contribution is 0.214. The maximum absolute atomic E-state index is 3.24. The molecule has 88 valence electrons. The molecule has 0 aliphatic carbocycles. The Labute approximate surface area is 94.7 Å². The fraction of sp³-hybridized carbons (Fsp3) is 0.846. The topological polar surface area (TPSA) is 15.3 Å². The standard InChI is InChI=1S/C13H26N2/c1-11(10-14-5)15-8-6-12(7-9-15)13(2,3)4/h6,11,14H,7-10H2,1-5H3. The minimum absolute atomic E-state index is 0.359. The Morgan fingerprint density at radius 3 is 2.53 bits per heavy atom. The molecule has 0 saturated heterocycles. The minimum atomic E-state index is 0.359. The van der Waals surface area contributed by atoms with E-state index in [0.29, 0.717) is 11.5 Å². The van der Waals surface area contributed by atoms with Crippen molar-refractivity contribution in [2.24, 2.45) is 5.41 Å². The second-order valence-electron chi connectivity index (χ2n) is 5.63. The molecule has 2 nitrogen and oxygen atoms in total. The van der Waals surface area contributed by atoms with Crippen molar-refractivity contribution in [3.63, 3.8) is 0 Å². The van der Waals surface area contributed by atoms with Crippen LogP contribution in [0, 0.1) is 5.41 Å². The van der Waals surface area contributed by atoms with Gasteiger partial charge < -0.3 is 5.32 Å². The van der Waals surface area contributed by atoms with Gasteiger partial charge in [-0.2, -0.15) is 0 Å². The summed E-state index contributed by atoms with van der Waals surface area (Å²) in [5.74, 6) is 0. The van der Waals surface area contributed by atoms with Crippen molar-refractivity contribution in [3.8, 4) is 0 Å². The second-order valence-corrected chi connectivity index (χ2v) is 5.63. The van der Waals surface area contributed by atoms with E-state index in [9.17, 15) is 0 Å². The van der Waals surface area contributed by atoms with E-state index in [-0.39, 0.29) is 0 Å². The first-order valence-electron chi connectivity index (χ1n) is 6.03. The number of nitrogens with zero attached hydrogens (tertiary/aromatic N) is 1. The molecule has 1 unspecified atom stereocenters. The highest BCUT2D eigenvalue weighted by Gasteiger charge is 2.22. The molecule has 0 aromatic heterocycles. The van der Waals surface area contributed by atoms with E-state index in [1.807, 2.05) is 7.05 Å². The van der Waals surface area contributed by atoms with Crippen LogP contribution >= 0.6 is 0 Å². The maximum Gasteiger partial charge on any atom is 0.0195 e. The number of hydrogen-bond acceptors (Lipinski definition) is 2. The van der Waals surface area contributed by atoms with Gasteiger partial charge in [0.2, 0.25) is 0 Å². The van der Waals surface area contributed by atoms with Gasteiger partial charge in [0.05, 0.1) is 0 Å². The Balaban J connectivity index is 2.51. The normalized spacial score (nSPS) is 21.3. The molecule has 2 heteroatoms. The lowest BCUT2D eigenvalue weighted by Crippen LogP contribution is -2.42. The van der Waals surface area contributed by atoms with Crippen molar-refractivity contribution in [3.05, 3.63) is 11.6 Å². The molecule has 1 N–H and O–H groups in total. The number of rotatable bonds is 3. The lowest BCUT2D eigenvalue weighted by Gasteiger charge is -2.35. The van der Waals surface area contributed by atoms with E-state index < -0.39 is 0 Å². The molecule has 0 fully saturated rings. The predicted octanol–water partition coefficient (Wildman–Crippen LogP) is 2.27. The third kappa shape index (κ3) is 3.62. The molecule has 1 aliphatic heterocycles. The highest BCUT2D eigenvalue weighted by atomic mass is 15.2. The molecule has 0 amide bonds. The van der Waals surface area contributed by atoms with Crippen LogP contribution in [0.3, 0.4) is 0 Å². The van der Waals surface area contributed by atoms with Crippen molar-refractivity contribution in [2.45, 2.75) is 40.2 Å². The molecule has 0 bridgehead atoms. The summed E-state index contributed by atoms with van der Waals surface area (Å²) in [6.45, 7) is 12.6. The van der Waals surface area contributed by atoms with E-state index >= 15 is 0 Å². The lowest BCUT2D eigenvalue weighted by atomic mass is 9.83. The van der Waals surface area contributed by atoms with E-state index in [2.05, 4.69) is 44.0 Å². The van der Waals surface area contributed by atoms with Crippen LogP contribution < -0.4 is 5.32 Å². The van der Waals surface area contributed by atoms with Gasteiger partial charge >= 0.3 is 0 Å². The second kappa shape index (κ2) is 5.13. The van der Waals surface area contributed by atoms with Crippen LogP contribution in [0.4, 0.5) is 0 Å². The molecule has 0 radical (unpaired) electrons. The fourth-order valence-electron chi connectivity index (χ4n) is 2.19. The van der Waals surface area contributed by atoms with Crippen LogP contribution in [0.5, 0.6) is 0 Å². The van der Waals surface area contributed by atoms with Gasteiger partial charge in [-0.25, -0.2) is 0 Å². The van der Waals surface area contributed by atoms with Gasteiger partial charge in [-0.15, -0.1) is 0 Å². The summed E-state index contributed by atoms with van der Waals surface area (Å²) in [5, 5.41) is 3.24. The zero-order chi connectivity index (χ0) is 11.5. The van der Waals surface area contributed by atoms with Crippen LogP contribution in [0.2, 0.25) is 0 Å². The first-order chi connectivity index (χ1) is 6.95. The van der Waals surface area contributed by atoms with Crippen LogP contribution in [0.15, 0.2) is 11.6 Å². The first-order valence-corrected chi connectivity index (χ1v) is 6.03. The zero-order valence-corrected chi connectivity index (χ0v) is 10.9. The fourth-order valence-corrected chi connectivity index (χ4v) is 2.19. The van der Waals surface area contributed by atoms with Gasteiger partial charge in [-0.05, 0) is 25.8 Å². The zero-order valence-electron chi connectivity index (χ0n) is 10.9. The number of nitrogens with one attached hydrogen (secondary N) is 1. The number of hydrogen-bond donors (Lipinski definition) is 1. The molecule has 0 aromatic carbocycles. The van der Waals surface area contributed by atoms with E-state index in [1.165, 1.54) is 13.0 Å². The summed E-state index contributed by atoms with van der Waals surface area (Å²) in [5.41, 5.74) is 1.98. The van der Waals surface area contributed by atoms with Crippen LogP contribution in [-0.2, 0) is 0 Å². The molecular weight excluding hydrogens is 184 g/mol. The van der Waals surface area contributed by atoms with Gasteiger partial charge in [-0.3, -0.25) is 4.90 Å². The Kier molecular flexibility index (Phi) is 4.35. The summed E-state index contributed by atoms with van der Waals surface area (Å²) in [4.78, 5) is 2.55. The smallest absolute Gasteiger partial charge is 0.0195 e. The summed E-state index contributed by atoms with van der Waals surface area (Å²) < 4.78 is 0. The molecule has 0 aromatic rings. The van der Waals surface area contributed by atoms with Gasteiger partial charge in [0.1, 0.15) is 0 Å². The number of likely N-dealkylation sites (N-methyl/N-ethyl adjacent to an activating group) is 1. The summed E-state index contributed by atoms with van der Waals surface area (Å²) >= 11 is 0. The Hall–Kier alpha value is -0.340. The highest BCUT2D eigenvalue weighted by Crippen LogP contribution is 2.30. The molecular formula is C13H26N2. The molecule has 1 atom stereocenters. The van der Waals surface area contributed by atoms with Crippen molar-refractivity contribution in [1.29, 1.82) is 0 Å². The van der Waals surface area contributed by atoms with Crippen LogP contribution in [0.25, 0.3) is 0 Å². The quantitative estimate of drug-likeness (QED) is 0.719. The van der Waals surface area contributed by atoms with Gasteiger partial charge in [0.25, 0.3) is 0 Å². The molecule has 1 aliphatic rings. The largest absolute Gasteiger partial charge is 0.318 e. The van der Waals surface area contributed by atoms with E-state index in [4.69, 9.17) is 0 Å². The predicted molar refractivity (Wildman–Crippen MR) is 67.1 cm³/mol.